The first-order chi connectivity index (χ1) is 12.4. The highest BCUT2D eigenvalue weighted by atomic mass is 32.2. The first-order valence-corrected chi connectivity index (χ1v) is 10.2. The van der Waals surface area contributed by atoms with E-state index in [4.69, 9.17) is 15.0 Å². The highest BCUT2D eigenvalue weighted by molar-refractivity contribution is 7.89. The number of ether oxygens (including phenoxy) is 1. The van der Waals surface area contributed by atoms with Crippen molar-refractivity contribution in [2.24, 2.45) is 5.73 Å². The van der Waals surface area contributed by atoms with Gasteiger partial charge < -0.3 is 15.0 Å². The predicted octanol–water partition coefficient (Wildman–Crippen LogP) is 1.87. The largest absolute Gasteiger partial charge is 0.495 e. The van der Waals surface area contributed by atoms with Gasteiger partial charge in [-0.25, -0.2) is 8.42 Å². The van der Waals surface area contributed by atoms with Crippen molar-refractivity contribution in [3.05, 3.63) is 24.0 Å². The van der Waals surface area contributed by atoms with Crippen LogP contribution in [0, 0.1) is 0 Å². The van der Waals surface area contributed by atoms with Crippen LogP contribution in [0.3, 0.4) is 0 Å². The fourth-order valence-corrected chi connectivity index (χ4v) is 5.10. The lowest BCUT2D eigenvalue weighted by atomic mass is 9.77. The number of hydrogen-bond acceptors (Lipinski definition) is 7. The maximum Gasteiger partial charge on any atom is 0.258 e. The summed E-state index contributed by atoms with van der Waals surface area (Å²) in [5, 5.41) is 4.00. The van der Waals surface area contributed by atoms with Crippen molar-refractivity contribution in [1.29, 1.82) is 0 Å². The zero-order valence-corrected chi connectivity index (χ0v) is 15.5. The van der Waals surface area contributed by atoms with Crippen LogP contribution in [0.25, 0.3) is 11.5 Å². The van der Waals surface area contributed by atoms with Gasteiger partial charge in [0.2, 0.25) is 10.0 Å². The average Bonchev–Trinajstić information content (AvgIpc) is 3.31. The third-order valence-electron chi connectivity index (χ3n) is 5.21. The van der Waals surface area contributed by atoms with Crippen LogP contribution in [-0.2, 0) is 15.6 Å². The Morgan fingerprint density at radius 3 is 2.58 bits per heavy atom. The van der Waals surface area contributed by atoms with E-state index in [-0.39, 0.29) is 10.8 Å². The maximum atomic E-state index is 13.0. The van der Waals surface area contributed by atoms with Gasteiger partial charge in [-0.15, -0.1) is 0 Å². The van der Waals surface area contributed by atoms with Crippen LogP contribution in [0.15, 0.2) is 27.6 Å². The second-order valence-corrected chi connectivity index (χ2v) is 8.82. The minimum atomic E-state index is -3.63. The smallest absolute Gasteiger partial charge is 0.258 e. The number of hydrogen-bond donors (Lipinski definition) is 1. The standard InChI is InChI=1S/C17H22N4O4S/c1-24-13-6-5-12(11-14(13)26(22,23)21-9-2-3-10-21)15-19-16(20-25-15)17(18)7-4-8-17/h5-6,11H,2-4,7-10,18H2,1H3. The molecule has 1 saturated carbocycles. The molecule has 0 atom stereocenters. The lowest BCUT2D eigenvalue weighted by Crippen LogP contribution is -2.44. The van der Waals surface area contributed by atoms with Crippen molar-refractivity contribution in [2.45, 2.75) is 42.5 Å². The number of nitrogens with zero attached hydrogens (tertiary/aromatic N) is 3. The molecule has 26 heavy (non-hydrogen) atoms. The summed E-state index contributed by atoms with van der Waals surface area (Å²) < 4.78 is 38.1. The fourth-order valence-electron chi connectivity index (χ4n) is 3.40. The Labute approximate surface area is 152 Å². The minimum Gasteiger partial charge on any atom is -0.495 e. The molecule has 1 aromatic carbocycles. The quantitative estimate of drug-likeness (QED) is 0.845. The number of methoxy groups -OCH3 is 1. The van der Waals surface area contributed by atoms with Gasteiger partial charge in [-0.3, -0.25) is 0 Å². The third kappa shape index (κ3) is 2.80. The lowest BCUT2D eigenvalue weighted by Gasteiger charge is -2.34. The zero-order valence-electron chi connectivity index (χ0n) is 14.6. The molecule has 2 fully saturated rings. The molecule has 2 aromatic rings. The van der Waals surface area contributed by atoms with Crippen molar-refractivity contribution in [3.63, 3.8) is 0 Å². The van der Waals surface area contributed by atoms with Crippen molar-refractivity contribution in [3.8, 4) is 17.2 Å². The summed E-state index contributed by atoms with van der Waals surface area (Å²) in [5.41, 5.74) is 6.24. The number of aromatic nitrogens is 2. The van der Waals surface area contributed by atoms with Gasteiger partial charge in [0.05, 0.1) is 12.6 Å². The Kier molecular flexibility index (Phi) is 4.25. The predicted molar refractivity (Wildman–Crippen MR) is 94.0 cm³/mol. The van der Waals surface area contributed by atoms with E-state index >= 15 is 0 Å². The van der Waals surface area contributed by atoms with Crippen molar-refractivity contribution < 1.29 is 17.7 Å². The first-order valence-electron chi connectivity index (χ1n) is 8.76. The zero-order chi connectivity index (χ0) is 18.4. The van der Waals surface area contributed by atoms with Crippen LogP contribution in [0.5, 0.6) is 5.75 Å². The Morgan fingerprint density at radius 1 is 1.23 bits per heavy atom. The van der Waals surface area contributed by atoms with E-state index in [1.807, 2.05) is 0 Å². The summed E-state index contributed by atoms with van der Waals surface area (Å²) >= 11 is 0. The minimum absolute atomic E-state index is 0.116. The van der Waals surface area contributed by atoms with E-state index in [1.165, 1.54) is 17.5 Å². The van der Waals surface area contributed by atoms with Gasteiger partial charge in [-0.05, 0) is 50.3 Å². The molecule has 9 heteroatoms. The Balaban J connectivity index is 1.72. The van der Waals surface area contributed by atoms with Gasteiger partial charge in [-0.1, -0.05) is 5.16 Å². The van der Waals surface area contributed by atoms with Crippen LogP contribution in [0.2, 0.25) is 0 Å². The highest BCUT2D eigenvalue weighted by Crippen LogP contribution is 2.38. The van der Waals surface area contributed by atoms with Crippen LogP contribution in [0.4, 0.5) is 0 Å². The molecule has 1 aliphatic heterocycles. The lowest BCUT2D eigenvalue weighted by molar-refractivity contribution is 0.229. The molecule has 2 heterocycles. The summed E-state index contributed by atoms with van der Waals surface area (Å²) in [5.74, 6) is 1.03. The number of sulfonamides is 1. The second kappa shape index (κ2) is 6.33. The Hall–Kier alpha value is -1.97. The second-order valence-electron chi connectivity index (χ2n) is 6.91. The van der Waals surface area contributed by atoms with E-state index in [1.54, 1.807) is 12.1 Å². The molecule has 0 spiro atoms. The van der Waals surface area contributed by atoms with Crippen molar-refractivity contribution in [2.75, 3.05) is 20.2 Å². The molecule has 0 amide bonds. The molecule has 8 nitrogen and oxygen atoms in total. The van der Waals surface area contributed by atoms with E-state index in [2.05, 4.69) is 10.1 Å². The highest BCUT2D eigenvalue weighted by Gasteiger charge is 2.39. The van der Waals surface area contributed by atoms with Gasteiger partial charge in [-0.2, -0.15) is 9.29 Å². The average molecular weight is 378 g/mol. The summed E-state index contributed by atoms with van der Waals surface area (Å²) in [6, 6.07) is 4.86. The van der Waals surface area contributed by atoms with Crippen LogP contribution in [-0.4, -0.2) is 43.1 Å². The van der Waals surface area contributed by atoms with Crippen molar-refractivity contribution in [1.82, 2.24) is 14.4 Å². The Bertz CT molecular complexity index is 915. The monoisotopic (exact) mass is 378 g/mol. The molecule has 2 N–H and O–H groups in total. The van der Waals surface area contributed by atoms with Gasteiger partial charge in [0, 0.05) is 18.7 Å². The molecule has 0 unspecified atom stereocenters. The molecule has 1 aliphatic carbocycles. The third-order valence-corrected chi connectivity index (χ3v) is 7.13. The maximum absolute atomic E-state index is 13.0. The fraction of sp³-hybridized carbons (Fsp3) is 0.529. The molecule has 1 aromatic heterocycles. The van der Waals surface area contributed by atoms with Crippen LogP contribution >= 0.6 is 0 Å². The molecule has 2 aliphatic rings. The summed E-state index contributed by atoms with van der Waals surface area (Å²) in [4.78, 5) is 4.51. The summed E-state index contributed by atoms with van der Waals surface area (Å²) in [6.07, 6.45) is 4.42. The molecule has 1 saturated heterocycles. The molecular weight excluding hydrogens is 356 g/mol. The topological polar surface area (TPSA) is 112 Å². The molecular formula is C17H22N4O4S. The number of nitrogens with two attached hydrogens (primary N) is 1. The van der Waals surface area contributed by atoms with Crippen LogP contribution in [0.1, 0.15) is 37.9 Å². The van der Waals surface area contributed by atoms with Gasteiger partial charge in [0.25, 0.3) is 5.89 Å². The van der Waals surface area contributed by atoms with Gasteiger partial charge in [0.15, 0.2) is 5.82 Å². The summed E-state index contributed by atoms with van der Waals surface area (Å²) in [7, 11) is -2.18. The molecule has 4 rings (SSSR count). The number of benzene rings is 1. The first kappa shape index (κ1) is 17.4. The van der Waals surface area contributed by atoms with E-state index in [0.717, 1.165) is 32.1 Å². The van der Waals surface area contributed by atoms with Gasteiger partial charge in [0.1, 0.15) is 10.6 Å². The molecule has 140 valence electrons. The number of rotatable bonds is 5. The molecule has 0 bridgehead atoms. The SMILES string of the molecule is COc1ccc(-c2nc(C3(N)CCC3)no2)cc1S(=O)(=O)N1CCCC1. The van der Waals surface area contributed by atoms with E-state index < -0.39 is 15.6 Å². The van der Waals surface area contributed by atoms with Crippen molar-refractivity contribution >= 4 is 10.0 Å². The molecule has 0 radical (unpaired) electrons. The van der Waals surface area contributed by atoms with Gasteiger partial charge >= 0.3 is 0 Å². The normalized spacial score (nSPS) is 20.1. The van der Waals surface area contributed by atoms with Crippen LogP contribution < -0.4 is 10.5 Å². The summed E-state index contributed by atoms with van der Waals surface area (Å²) in [6.45, 7) is 1.05. The van der Waals surface area contributed by atoms with E-state index in [9.17, 15) is 8.42 Å². The van der Waals surface area contributed by atoms with E-state index in [0.29, 0.717) is 30.2 Å². The Morgan fingerprint density at radius 2 is 1.96 bits per heavy atom.